The van der Waals surface area contributed by atoms with E-state index < -0.39 is 17.6 Å². The van der Waals surface area contributed by atoms with Crippen LogP contribution in [0.25, 0.3) is 11.1 Å². The molecule has 6 nitrogen and oxygen atoms in total. The van der Waals surface area contributed by atoms with E-state index in [1.807, 2.05) is 43.3 Å². The third kappa shape index (κ3) is 4.87. The number of rotatable bonds is 7. The fourth-order valence-electron chi connectivity index (χ4n) is 4.30. The zero-order valence-corrected chi connectivity index (χ0v) is 18.4. The van der Waals surface area contributed by atoms with Gasteiger partial charge in [0.1, 0.15) is 11.4 Å². The van der Waals surface area contributed by atoms with Crippen LogP contribution < -0.4 is 5.73 Å². The van der Waals surface area contributed by atoms with E-state index in [0.717, 1.165) is 16.7 Å². The summed E-state index contributed by atoms with van der Waals surface area (Å²) >= 11 is 0. The standard InChI is InChI=1S/C26H26FN3O3/c1-18(19-2-4-20(5-3-19)21-11-15-29-16-12-21)30-17-14-26(33-25(30)32,13-10-24(28)31)22-6-8-23(27)9-7-22/h2-9,11-12,15-16,18H,10,13-14,17H2,1H3,(H2,28,31)/t18-,26?/m0/s1. The Bertz CT molecular complexity index is 1120. The maximum absolute atomic E-state index is 13.5. The molecule has 1 fully saturated rings. The van der Waals surface area contributed by atoms with E-state index in [-0.39, 0.29) is 24.7 Å². The molecule has 0 radical (unpaired) electrons. The largest absolute Gasteiger partial charge is 0.438 e. The normalized spacial score (nSPS) is 19.1. The number of ether oxygens (including phenoxy) is 1. The van der Waals surface area contributed by atoms with E-state index in [4.69, 9.17) is 10.5 Å². The molecule has 7 heteroatoms. The van der Waals surface area contributed by atoms with Gasteiger partial charge in [-0.2, -0.15) is 0 Å². The van der Waals surface area contributed by atoms with E-state index in [2.05, 4.69) is 4.98 Å². The molecule has 1 saturated heterocycles. The minimum absolute atomic E-state index is 0.0661. The molecular weight excluding hydrogens is 421 g/mol. The van der Waals surface area contributed by atoms with Gasteiger partial charge in [-0.05, 0) is 53.4 Å². The van der Waals surface area contributed by atoms with Crippen molar-refractivity contribution >= 4 is 12.0 Å². The van der Waals surface area contributed by atoms with Gasteiger partial charge in [0.05, 0.1) is 6.04 Å². The number of carbonyl (C=O) groups excluding carboxylic acids is 2. The van der Waals surface area contributed by atoms with Crippen LogP contribution in [-0.2, 0) is 15.1 Å². The van der Waals surface area contributed by atoms with Crippen molar-refractivity contribution in [3.63, 3.8) is 0 Å². The van der Waals surface area contributed by atoms with Gasteiger partial charge >= 0.3 is 6.09 Å². The van der Waals surface area contributed by atoms with Gasteiger partial charge in [-0.25, -0.2) is 9.18 Å². The van der Waals surface area contributed by atoms with Crippen molar-refractivity contribution in [1.82, 2.24) is 9.88 Å². The molecule has 2 atom stereocenters. The first-order valence-corrected chi connectivity index (χ1v) is 10.9. The smallest absolute Gasteiger partial charge is 0.411 e. The van der Waals surface area contributed by atoms with Crippen LogP contribution in [-0.4, -0.2) is 28.4 Å². The van der Waals surface area contributed by atoms with E-state index in [9.17, 15) is 14.0 Å². The van der Waals surface area contributed by atoms with Crippen LogP contribution in [0.2, 0.25) is 0 Å². The maximum atomic E-state index is 13.5. The minimum Gasteiger partial charge on any atom is -0.438 e. The number of pyridine rings is 1. The quantitative estimate of drug-likeness (QED) is 0.555. The average Bonchev–Trinajstić information content (AvgIpc) is 2.83. The monoisotopic (exact) mass is 447 g/mol. The van der Waals surface area contributed by atoms with Gasteiger partial charge in [-0.1, -0.05) is 36.4 Å². The first-order chi connectivity index (χ1) is 15.9. The van der Waals surface area contributed by atoms with Gasteiger partial charge in [0.25, 0.3) is 0 Å². The Morgan fingerprint density at radius 1 is 1.09 bits per heavy atom. The number of nitrogens with zero attached hydrogens (tertiary/aromatic N) is 2. The van der Waals surface area contributed by atoms with Crippen molar-refractivity contribution in [1.29, 1.82) is 0 Å². The van der Waals surface area contributed by atoms with E-state index in [1.165, 1.54) is 12.1 Å². The highest BCUT2D eigenvalue weighted by Gasteiger charge is 2.43. The highest BCUT2D eigenvalue weighted by atomic mass is 19.1. The maximum Gasteiger partial charge on any atom is 0.411 e. The zero-order chi connectivity index (χ0) is 23.4. The number of carbonyl (C=O) groups is 2. The van der Waals surface area contributed by atoms with Crippen LogP contribution in [0, 0.1) is 5.82 Å². The fraction of sp³-hybridized carbons (Fsp3) is 0.269. The molecule has 1 aliphatic heterocycles. The Kier molecular flexibility index (Phi) is 6.40. The summed E-state index contributed by atoms with van der Waals surface area (Å²) in [6.07, 6.45) is 3.82. The van der Waals surface area contributed by atoms with E-state index in [1.54, 1.807) is 29.4 Å². The van der Waals surface area contributed by atoms with Crippen molar-refractivity contribution in [3.8, 4) is 11.1 Å². The predicted octanol–water partition coefficient (Wildman–Crippen LogP) is 4.95. The van der Waals surface area contributed by atoms with E-state index in [0.29, 0.717) is 18.5 Å². The molecule has 1 aliphatic rings. The summed E-state index contributed by atoms with van der Waals surface area (Å²) in [5.74, 6) is -0.853. The van der Waals surface area contributed by atoms with Crippen molar-refractivity contribution in [2.75, 3.05) is 6.54 Å². The van der Waals surface area contributed by atoms with Gasteiger partial charge in [0.2, 0.25) is 5.91 Å². The average molecular weight is 448 g/mol. The molecule has 3 aromatic rings. The highest BCUT2D eigenvalue weighted by molar-refractivity contribution is 5.74. The second-order valence-corrected chi connectivity index (χ2v) is 8.31. The van der Waals surface area contributed by atoms with Gasteiger partial charge < -0.3 is 15.4 Å². The molecule has 4 rings (SSSR count). The van der Waals surface area contributed by atoms with Gasteiger partial charge in [0, 0.05) is 38.2 Å². The lowest BCUT2D eigenvalue weighted by atomic mass is 9.84. The third-order valence-electron chi connectivity index (χ3n) is 6.29. The number of halogens is 1. The second kappa shape index (κ2) is 9.40. The molecule has 1 unspecified atom stereocenters. The summed E-state index contributed by atoms with van der Waals surface area (Å²) in [4.78, 5) is 30.3. The Balaban J connectivity index is 1.52. The van der Waals surface area contributed by atoms with Crippen LogP contribution in [0.1, 0.15) is 43.4 Å². The van der Waals surface area contributed by atoms with Crippen molar-refractivity contribution in [3.05, 3.63) is 90.0 Å². The first kappa shape index (κ1) is 22.5. The summed E-state index contributed by atoms with van der Waals surface area (Å²) in [5, 5.41) is 0. The lowest BCUT2D eigenvalue weighted by molar-refractivity contribution is -0.121. The van der Waals surface area contributed by atoms with Crippen LogP contribution in [0.5, 0.6) is 0 Å². The van der Waals surface area contributed by atoms with Crippen LogP contribution in [0.15, 0.2) is 73.1 Å². The van der Waals surface area contributed by atoms with Gasteiger partial charge in [-0.15, -0.1) is 0 Å². The number of amides is 2. The summed E-state index contributed by atoms with van der Waals surface area (Å²) in [6.45, 7) is 2.39. The molecule has 2 aromatic carbocycles. The van der Waals surface area contributed by atoms with Gasteiger partial charge in [0.15, 0.2) is 0 Å². The van der Waals surface area contributed by atoms with Crippen LogP contribution in [0.4, 0.5) is 9.18 Å². The fourth-order valence-corrected chi connectivity index (χ4v) is 4.30. The first-order valence-electron chi connectivity index (χ1n) is 10.9. The summed E-state index contributed by atoms with van der Waals surface area (Å²) in [7, 11) is 0. The number of hydrogen-bond acceptors (Lipinski definition) is 4. The number of aromatic nitrogens is 1. The number of benzene rings is 2. The SMILES string of the molecule is C[C@@H](c1ccc(-c2ccncc2)cc1)N1CCC(CCC(N)=O)(c2ccc(F)cc2)OC1=O. The summed E-state index contributed by atoms with van der Waals surface area (Å²) < 4.78 is 19.4. The molecule has 170 valence electrons. The number of nitrogens with two attached hydrogens (primary N) is 1. The van der Waals surface area contributed by atoms with Crippen molar-refractivity contribution < 1.29 is 18.7 Å². The molecule has 0 saturated carbocycles. The Morgan fingerprint density at radius 2 is 1.73 bits per heavy atom. The lowest BCUT2D eigenvalue weighted by Gasteiger charge is -2.43. The topological polar surface area (TPSA) is 85.5 Å². The molecule has 2 N–H and O–H groups in total. The molecule has 2 amide bonds. The Morgan fingerprint density at radius 3 is 2.33 bits per heavy atom. The number of cyclic esters (lactones) is 1. The van der Waals surface area contributed by atoms with Crippen molar-refractivity contribution in [2.24, 2.45) is 5.73 Å². The summed E-state index contributed by atoms with van der Waals surface area (Å²) in [5.41, 5.74) is 8.12. The van der Waals surface area contributed by atoms with Crippen LogP contribution in [0.3, 0.4) is 0 Å². The lowest BCUT2D eigenvalue weighted by Crippen LogP contribution is -2.49. The van der Waals surface area contributed by atoms with Gasteiger partial charge in [-0.3, -0.25) is 9.78 Å². The van der Waals surface area contributed by atoms with Crippen LogP contribution >= 0.6 is 0 Å². The summed E-state index contributed by atoms with van der Waals surface area (Å²) in [6, 6.07) is 17.6. The molecule has 0 aliphatic carbocycles. The molecule has 2 heterocycles. The molecule has 0 spiro atoms. The third-order valence-corrected chi connectivity index (χ3v) is 6.29. The van der Waals surface area contributed by atoms with E-state index >= 15 is 0 Å². The molecular formula is C26H26FN3O3. The number of primary amides is 1. The minimum atomic E-state index is -1.01. The predicted molar refractivity (Wildman–Crippen MR) is 122 cm³/mol. The zero-order valence-electron chi connectivity index (χ0n) is 18.4. The second-order valence-electron chi connectivity index (χ2n) is 8.31. The molecule has 1 aromatic heterocycles. The number of hydrogen-bond donors (Lipinski definition) is 1. The Hall–Kier alpha value is -3.74. The Labute approximate surface area is 192 Å². The highest BCUT2D eigenvalue weighted by Crippen LogP contribution is 2.40. The molecule has 0 bridgehead atoms. The molecule has 33 heavy (non-hydrogen) atoms. The van der Waals surface area contributed by atoms with Crippen molar-refractivity contribution in [2.45, 2.75) is 37.8 Å².